The number of rotatable bonds is 3. The highest BCUT2D eigenvalue weighted by Gasteiger charge is 2.47. The maximum absolute atomic E-state index is 11.6. The molecule has 0 bridgehead atoms. The highest BCUT2D eigenvalue weighted by atomic mass is 16.1. The van der Waals surface area contributed by atoms with Gasteiger partial charge in [-0.1, -0.05) is 17.7 Å². The van der Waals surface area contributed by atoms with E-state index in [1.165, 1.54) is 22.3 Å². The van der Waals surface area contributed by atoms with E-state index >= 15 is 0 Å². The fourth-order valence-corrected chi connectivity index (χ4v) is 2.63. The van der Waals surface area contributed by atoms with Crippen LogP contribution in [0.25, 0.3) is 0 Å². The van der Waals surface area contributed by atoms with Gasteiger partial charge in [-0.25, -0.2) is 0 Å². The molecule has 86 valence electrons. The van der Waals surface area contributed by atoms with E-state index in [0.717, 1.165) is 19.3 Å². The molecule has 0 aliphatic heterocycles. The van der Waals surface area contributed by atoms with Crippen molar-refractivity contribution in [2.45, 2.75) is 47.0 Å². The van der Waals surface area contributed by atoms with Crippen LogP contribution in [0.2, 0.25) is 0 Å². The van der Waals surface area contributed by atoms with Gasteiger partial charge in [0.15, 0.2) is 0 Å². The number of carbonyl (C=O) groups is 1. The first-order chi connectivity index (χ1) is 7.44. The van der Waals surface area contributed by atoms with Crippen LogP contribution >= 0.6 is 0 Å². The Hall–Kier alpha value is -1.11. The number of benzene rings is 1. The third-order valence-electron chi connectivity index (χ3n) is 3.96. The van der Waals surface area contributed by atoms with Crippen LogP contribution in [0.15, 0.2) is 12.1 Å². The van der Waals surface area contributed by atoms with Crippen LogP contribution < -0.4 is 0 Å². The Balaban J connectivity index is 2.32. The summed E-state index contributed by atoms with van der Waals surface area (Å²) in [6, 6.07) is 4.44. The third kappa shape index (κ3) is 1.91. The Morgan fingerprint density at radius 1 is 1.19 bits per heavy atom. The van der Waals surface area contributed by atoms with Gasteiger partial charge in [0.1, 0.15) is 5.78 Å². The van der Waals surface area contributed by atoms with Crippen molar-refractivity contribution in [3.05, 3.63) is 34.4 Å². The van der Waals surface area contributed by atoms with Gasteiger partial charge in [0.25, 0.3) is 0 Å². The monoisotopic (exact) mass is 216 g/mol. The summed E-state index contributed by atoms with van der Waals surface area (Å²) in [6.07, 6.45) is 3.10. The molecule has 1 heteroatoms. The fraction of sp³-hybridized carbons (Fsp3) is 0.533. The minimum absolute atomic E-state index is 0.00915. The summed E-state index contributed by atoms with van der Waals surface area (Å²) in [4.78, 5) is 11.6. The predicted octanol–water partition coefficient (Wildman–Crippen LogP) is 3.52. The van der Waals surface area contributed by atoms with E-state index < -0.39 is 0 Å². The van der Waals surface area contributed by atoms with E-state index in [2.05, 4.69) is 32.9 Å². The Morgan fingerprint density at radius 2 is 1.69 bits per heavy atom. The van der Waals surface area contributed by atoms with Gasteiger partial charge < -0.3 is 0 Å². The van der Waals surface area contributed by atoms with Gasteiger partial charge in [-0.15, -0.1) is 0 Å². The second-order valence-corrected chi connectivity index (χ2v) is 5.39. The molecule has 0 aromatic heterocycles. The molecule has 2 rings (SSSR count). The van der Waals surface area contributed by atoms with Gasteiger partial charge in [0.2, 0.25) is 0 Å². The van der Waals surface area contributed by atoms with Crippen molar-refractivity contribution in [1.82, 2.24) is 0 Å². The number of ketones is 1. The van der Waals surface area contributed by atoms with Crippen LogP contribution in [0.5, 0.6) is 0 Å². The predicted molar refractivity (Wildman–Crippen MR) is 66.7 cm³/mol. The summed E-state index contributed by atoms with van der Waals surface area (Å²) in [5, 5.41) is 0. The summed E-state index contributed by atoms with van der Waals surface area (Å²) >= 11 is 0. The molecule has 1 aromatic carbocycles. The third-order valence-corrected chi connectivity index (χ3v) is 3.96. The topological polar surface area (TPSA) is 17.1 Å². The lowest BCUT2D eigenvalue weighted by molar-refractivity contribution is -0.121. The summed E-state index contributed by atoms with van der Waals surface area (Å²) in [5.74, 6) is 0.367. The summed E-state index contributed by atoms with van der Waals surface area (Å²) in [6.45, 7) is 8.19. The molecule has 0 unspecified atom stereocenters. The van der Waals surface area contributed by atoms with Crippen molar-refractivity contribution in [1.29, 1.82) is 0 Å². The molecule has 1 aliphatic carbocycles. The minimum Gasteiger partial charge on any atom is -0.299 e. The van der Waals surface area contributed by atoms with Crippen LogP contribution in [0.1, 0.15) is 42.0 Å². The standard InChI is InChI=1S/C15H20O/c1-10-7-11(2)14(12(3)8-10)9-15(5-6-15)13(4)16/h7-8H,5-6,9H2,1-4H3. The van der Waals surface area contributed by atoms with Gasteiger partial charge in [0.05, 0.1) is 0 Å². The lowest BCUT2D eigenvalue weighted by Crippen LogP contribution is -2.16. The molecule has 1 nitrogen and oxygen atoms in total. The molecular weight excluding hydrogens is 196 g/mol. The smallest absolute Gasteiger partial charge is 0.136 e. The first-order valence-electron chi connectivity index (χ1n) is 6.02. The lowest BCUT2D eigenvalue weighted by atomic mass is 9.87. The minimum atomic E-state index is -0.00915. The van der Waals surface area contributed by atoms with Crippen molar-refractivity contribution < 1.29 is 4.79 Å². The SMILES string of the molecule is CC(=O)C1(Cc2c(C)cc(C)cc2C)CC1. The quantitative estimate of drug-likeness (QED) is 0.755. The number of hydrogen-bond acceptors (Lipinski definition) is 1. The summed E-state index contributed by atoms with van der Waals surface area (Å²) in [7, 11) is 0. The molecule has 16 heavy (non-hydrogen) atoms. The first-order valence-corrected chi connectivity index (χ1v) is 6.02. The van der Waals surface area contributed by atoms with Crippen molar-refractivity contribution in [2.75, 3.05) is 0 Å². The zero-order valence-electron chi connectivity index (χ0n) is 10.7. The second kappa shape index (κ2) is 3.73. The molecule has 0 N–H and O–H groups in total. The molecule has 1 aliphatic rings. The van der Waals surface area contributed by atoms with Crippen molar-refractivity contribution in [3.63, 3.8) is 0 Å². The average Bonchev–Trinajstić information content (AvgIpc) is 2.92. The van der Waals surface area contributed by atoms with Gasteiger partial charge in [-0.2, -0.15) is 0 Å². The molecule has 0 heterocycles. The Labute approximate surface area is 97.9 Å². The van der Waals surface area contributed by atoms with Crippen LogP contribution in [-0.4, -0.2) is 5.78 Å². The van der Waals surface area contributed by atoms with E-state index in [4.69, 9.17) is 0 Å². The van der Waals surface area contributed by atoms with Gasteiger partial charge in [-0.3, -0.25) is 4.79 Å². The molecular formula is C15H20O. The highest BCUT2D eigenvalue weighted by Crippen LogP contribution is 2.49. The molecule has 0 spiro atoms. The van der Waals surface area contributed by atoms with Crippen LogP contribution in [-0.2, 0) is 11.2 Å². The van der Waals surface area contributed by atoms with Crippen LogP contribution in [0, 0.1) is 26.2 Å². The maximum atomic E-state index is 11.6. The first kappa shape index (κ1) is 11.4. The van der Waals surface area contributed by atoms with E-state index in [9.17, 15) is 4.79 Å². The molecule has 0 amide bonds. The zero-order valence-corrected chi connectivity index (χ0v) is 10.7. The van der Waals surface area contributed by atoms with Gasteiger partial charge >= 0.3 is 0 Å². The summed E-state index contributed by atoms with van der Waals surface area (Å²) < 4.78 is 0. The highest BCUT2D eigenvalue weighted by molar-refractivity contribution is 5.85. The number of hydrogen-bond donors (Lipinski definition) is 0. The van der Waals surface area contributed by atoms with E-state index in [-0.39, 0.29) is 5.41 Å². The molecule has 0 radical (unpaired) electrons. The largest absolute Gasteiger partial charge is 0.299 e. The Morgan fingerprint density at radius 3 is 2.06 bits per heavy atom. The summed E-state index contributed by atoms with van der Waals surface area (Å²) in [5.41, 5.74) is 5.37. The van der Waals surface area contributed by atoms with Crippen LogP contribution in [0.3, 0.4) is 0 Å². The van der Waals surface area contributed by atoms with Crippen molar-refractivity contribution >= 4 is 5.78 Å². The number of aryl methyl sites for hydroxylation is 3. The number of Topliss-reactive ketones (excluding diaryl/α,β-unsaturated/α-hetero) is 1. The van der Waals surface area contributed by atoms with E-state index in [1.54, 1.807) is 6.92 Å². The molecule has 1 aromatic rings. The van der Waals surface area contributed by atoms with Gasteiger partial charge in [-0.05, 0) is 63.6 Å². The maximum Gasteiger partial charge on any atom is 0.136 e. The van der Waals surface area contributed by atoms with Crippen LogP contribution in [0.4, 0.5) is 0 Å². The Bertz CT molecular complexity index is 416. The Kier molecular flexibility index (Phi) is 2.65. The van der Waals surface area contributed by atoms with E-state index in [0.29, 0.717) is 5.78 Å². The normalized spacial score (nSPS) is 17.2. The molecule has 1 saturated carbocycles. The second-order valence-electron chi connectivity index (χ2n) is 5.39. The van der Waals surface area contributed by atoms with E-state index in [1.807, 2.05) is 0 Å². The van der Waals surface area contributed by atoms with Crippen molar-refractivity contribution in [2.24, 2.45) is 5.41 Å². The molecule has 0 atom stereocenters. The fourth-order valence-electron chi connectivity index (χ4n) is 2.63. The molecule has 1 fully saturated rings. The molecule has 0 saturated heterocycles. The van der Waals surface area contributed by atoms with Crippen molar-refractivity contribution in [3.8, 4) is 0 Å². The zero-order chi connectivity index (χ0) is 11.9. The van der Waals surface area contributed by atoms with Gasteiger partial charge in [0, 0.05) is 5.41 Å². The lowest BCUT2D eigenvalue weighted by Gasteiger charge is -2.16. The number of carbonyl (C=O) groups excluding carboxylic acids is 1. The average molecular weight is 216 g/mol.